The monoisotopic (exact) mass is 366 g/mol. The van der Waals surface area contributed by atoms with Crippen molar-refractivity contribution in [3.63, 3.8) is 0 Å². The summed E-state index contributed by atoms with van der Waals surface area (Å²) >= 11 is 11.9. The maximum Gasteiger partial charge on any atom is 0.220 e. The van der Waals surface area contributed by atoms with Crippen molar-refractivity contribution in [3.05, 3.63) is 58.1 Å². The Morgan fingerprint density at radius 3 is 2.62 bits per heavy atom. The molecule has 0 saturated heterocycles. The average Bonchev–Trinajstić information content (AvgIpc) is 2.57. The number of carbonyl (C=O) groups is 1. The van der Waals surface area contributed by atoms with Crippen LogP contribution in [0, 0.1) is 0 Å². The van der Waals surface area contributed by atoms with Crippen LogP contribution < -0.4 is 15.8 Å². The first-order valence-electron chi connectivity index (χ1n) is 7.74. The Hall–Kier alpha value is -1.91. The molecular weight excluding hydrogens is 347 g/mol. The molecule has 0 saturated carbocycles. The topological polar surface area (TPSA) is 64.3 Å². The number of hydrogen-bond donors (Lipinski definition) is 2. The Balaban J connectivity index is 1.61. The third kappa shape index (κ3) is 5.95. The normalized spacial score (nSPS) is 10.4. The number of amides is 1. The van der Waals surface area contributed by atoms with Crippen molar-refractivity contribution in [2.24, 2.45) is 0 Å². The van der Waals surface area contributed by atoms with Crippen LogP contribution in [0.2, 0.25) is 10.0 Å². The molecule has 0 atom stereocenters. The number of benzene rings is 2. The van der Waals surface area contributed by atoms with Gasteiger partial charge in [0.05, 0.1) is 11.6 Å². The summed E-state index contributed by atoms with van der Waals surface area (Å²) in [4.78, 5) is 11.8. The molecule has 2 rings (SSSR count). The molecule has 0 aliphatic heterocycles. The Kier molecular flexibility index (Phi) is 7.22. The van der Waals surface area contributed by atoms with Crippen LogP contribution in [0.15, 0.2) is 42.5 Å². The summed E-state index contributed by atoms with van der Waals surface area (Å²) in [6, 6.07) is 12.9. The number of rotatable bonds is 8. The van der Waals surface area contributed by atoms with Crippen LogP contribution in [0.3, 0.4) is 0 Å². The molecule has 3 N–H and O–H groups in total. The Morgan fingerprint density at radius 1 is 1.12 bits per heavy atom. The van der Waals surface area contributed by atoms with E-state index in [1.165, 1.54) is 0 Å². The number of carbonyl (C=O) groups excluding carboxylic acids is 1. The number of hydrogen-bond acceptors (Lipinski definition) is 3. The number of anilines is 1. The lowest BCUT2D eigenvalue weighted by Gasteiger charge is -2.09. The van der Waals surface area contributed by atoms with Crippen molar-refractivity contribution in [2.45, 2.75) is 19.3 Å². The summed E-state index contributed by atoms with van der Waals surface area (Å²) in [5.41, 5.74) is 7.51. The smallest absolute Gasteiger partial charge is 0.220 e. The van der Waals surface area contributed by atoms with Crippen LogP contribution in [0.4, 0.5) is 5.69 Å². The van der Waals surface area contributed by atoms with Gasteiger partial charge in [-0.25, -0.2) is 0 Å². The molecule has 2 aromatic carbocycles. The maximum atomic E-state index is 11.8. The molecule has 0 bridgehead atoms. The van der Waals surface area contributed by atoms with Crippen molar-refractivity contribution >= 4 is 34.8 Å². The number of halogens is 2. The van der Waals surface area contributed by atoms with E-state index in [4.69, 9.17) is 33.7 Å². The van der Waals surface area contributed by atoms with Crippen molar-refractivity contribution < 1.29 is 9.53 Å². The molecule has 0 unspecified atom stereocenters. The highest BCUT2D eigenvalue weighted by atomic mass is 35.5. The second-order valence-corrected chi connectivity index (χ2v) is 6.13. The molecule has 128 valence electrons. The lowest BCUT2D eigenvalue weighted by atomic mass is 10.1. The minimum absolute atomic E-state index is 0.00577. The average molecular weight is 367 g/mol. The van der Waals surface area contributed by atoms with E-state index in [2.05, 4.69) is 5.32 Å². The summed E-state index contributed by atoms with van der Waals surface area (Å²) in [6.07, 6.45) is 1.79. The highest BCUT2D eigenvalue weighted by Crippen LogP contribution is 2.31. The lowest BCUT2D eigenvalue weighted by Crippen LogP contribution is -2.25. The van der Waals surface area contributed by atoms with Gasteiger partial charge in [-0.1, -0.05) is 41.4 Å². The van der Waals surface area contributed by atoms with Crippen LogP contribution in [0.25, 0.3) is 0 Å². The van der Waals surface area contributed by atoms with E-state index in [1.807, 2.05) is 24.3 Å². The van der Waals surface area contributed by atoms with Gasteiger partial charge in [-0.3, -0.25) is 4.79 Å². The molecule has 0 aliphatic carbocycles. The Morgan fingerprint density at radius 2 is 1.88 bits per heavy atom. The van der Waals surface area contributed by atoms with Gasteiger partial charge in [-0.05, 0) is 42.7 Å². The van der Waals surface area contributed by atoms with Gasteiger partial charge < -0.3 is 15.8 Å². The number of ether oxygens (including phenoxy) is 1. The quantitative estimate of drug-likeness (QED) is 0.546. The number of nitrogens with one attached hydrogen (secondary N) is 1. The molecule has 0 heterocycles. The molecule has 1 amide bonds. The molecule has 0 aromatic heterocycles. The molecule has 4 nitrogen and oxygen atoms in total. The molecule has 24 heavy (non-hydrogen) atoms. The van der Waals surface area contributed by atoms with Gasteiger partial charge in [-0.2, -0.15) is 0 Å². The van der Waals surface area contributed by atoms with Crippen molar-refractivity contribution in [1.82, 2.24) is 5.32 Å². The third-order valence-electron chi connectivity index (χ3n) is 3.44. The van der Waals surface area contributed by atoms with Crippen LogP contribution in [0.1, 0.15) is 18.4 Å². The molecular formula is C18H20Cl2N2O2. The standard InChI is InChI=1S/C18H20Cl2N2O2/c19-15-3-1-4-16(18(15)20)24-12-2-5-17(23)22-11-10-13-6-8-14(21)9-7-13/h1,3-4,6-9H,2,5,10-12,21H2,(H,22,23). The largest absolute Gasteiger partial charge is 0.492 e. The van der Waals surface area contributed by atoms with Gasteiger partial charge in [0.15, 0.2) is 0 Å². The van der Waals surface area contributed by atoms with Gasteiger partial charge in [-0.15, -0.1) is 0 Å². The predicted octanol–water partition coefficient (Wildman–Crippen LogP) is 4.09. The summed E-state index contributed by atoms with van der Waals surface area (Å²) < 4.78 is 5.54. The van der Waals surface area contributed by atoms with E-state index >= 15 is 0 Å². The molecule has 0 aliphatic rings. The Bertz CT molecular complexity index is 675. The molecule has 0 radical (unpaired) electrons. The van der Waals surface area contributed by atoms with Crippen LogP contribution in [-0.4, -0.2) is 19.1 Å². The van der Waals surface area contributed by atoms with Gasteiger partial charge in [0.2, 0.25) is 5.91 Å². The maximum absolute atomic E-state index is 11.8. The zero-order chi connectivity index (χ0) is 17.4. The summed E-state index contributed by atoms with van der Waals surface area (Å²) in [5, 5.41) is 3.74. The molecule has 6 heteroatoms. The molecule has 0 spiro atoms. The summed E-state index contributed by atoms with van der Waals surface area (Å²) in [5.74, 6) is 0.541. The van der Waals surface area contributed by atoms with Gasteiger partial charge in [0.1, 0.15) is 10.8 Å². The zero-order valence-electron chi connectivity index (χ0n) is 13.2. The minimum atomic E-state index is 0.00577. The highest BCUT2D eigenvalue weighted by molar-refractivity contribution is 6.42. The van der Waals surface area contributed by atoms with Crippen molar-refractivity contribution in [2.75, 3.05) is 18.9 Å². The van der Waals surface area contributed by atoms with E-state index in [0.717, 1.165) is 17.7 Å². The summed E-state index contributed by atoms with van der Waals surface area (Å²) in [7, 11) is 0. The van der Waals surface area contributed by atoms with E-state index in [0.29, 0.717) is 41.8 Å². The first-order chi connectivity index (χ1) is 11.6. The predicted molar refractivity (Wildman–Crippen MR) is 98.8 cm³/mol. The number of nitrogen functional groups attached to an aromatic ring is 1. The first-order valence-corrected chi connectivity index (χ1v) is 8.50. The van der Waals surface area contributed by atoms with Gasteiger partial charge in [0, 0.05) is 18.7 Å². The van der Waals surface area contributed by atoms with Crippen LogP contribution >= 0.6 is 23.2 Å². The fraction of sp³-hybridized carbons (Fsp3) is 0.278. The van der Waals surface area contributed by atoms with Crippen molar-refractivity contribution in [1.29, 1.82) is 0 Å². The second kappa shape index (κ2) is 9.40. The second-order valence-electron chi connectivity index (χ2n) is 5.35. The third-order valence-corrected chi connectivity index (χ3v) is 4.24. The van der Waals surface area contributed by atoms with E-state index in [-0.39, 0.29) is 5.91 Å². The van der Waals surface area contributed by atoms with Crippen LogP contribution in [-0.2, 0) is 11.2 Å². The molecule has 0 fully saturated rings. The molecule has 2 aromatic rings. The van der Waals surface area contributed by atoms with E-state index < -0.39 is 0 Å². The van der Waals surface area contributed by atoms with E-state index in [1.54, 1.807) is 18.2 Å². The highest BCUT2D eigenvalue weighted by Gasteiger charge is 2.06. The van der Waals surface area contributed by atoms with Crippen molar-refractivity contribution in [3.8, 4) is 5.75 Å². The van der Waals surface area contributed by atoms with Gasteiger partial charge in [0.25, 0.3) is 0 Å². The summed E-state index contributed by atoms with van der Waals surface area (Å²) in [6.45, 7) is 1.01. The SMILES string of the molecule is Nc1ccc(CCNC(=O)CCCOc2cccc(Cl)c2Cl)cc1. The first kappa shape index (κ1) is 18.4. The zero-order valence-corrected chi connectivity index (χ0v) is 14.7. The number of nitrogens with two attached hydrogens (primary N) is 1. The fourth-order valence-corrected chi connectivity index (χ4v) is 2.48. The fourth-order valence-electron chi connectivity index (χ4n) is 2.13. The minimum Gasteiger partial charge on any atom is -0.492 e. The lowest BCUT2D eigenvalue weighted by molar-refractivity contribution is -0.121. The van der Waals surface area contributed by atoms with Crippen LogP contribution in [0.5, 0.6) is 5.75 Å². The Labute approximate surface area is 151 Å². The van der Waals surface area contributed by atoms with Gasteiger partial charge >= 0.3 is 0 Å². The van der Waals surface area contributed by atoms with E-state index in [9.17, 15) is 4.79 Å².